The van der Waals surface area contributed by atoms with Crippen molar-refractivity contribution in [3.05, 3.63) is 0 Å². The number of likely N-dealkylation sites (tertiary alicyclic amines) is 1. The van der Waals surface area contributed by atoms with Gasteiger partial charge >= 0.3 is 5.97 Å². The molecule has 0 aromatic rings. The lowest BCUT2D eigenvalue weighted by atomic mass is 10.0. The van der Waals surface area contributed by atoms with Gasteiger partial charge < -0.3 is 10.0 Å². The van der Waals surface area contributed by atoms with Crippen LogP contribution in [0.15, 0.2) is 0 Å². The molecule has 0 bridgehead atoms. The van der Waals surface area contributed by atoms with Gasteiger partial charge in [0.2, 0.25) is 5.91 Å². The molecule has 1 N–H and O–H groups in total. The molecule has 0 aromatic carbocycles. The van der Waals surface area contributed by atoms with Gasteiger partial charge in [0.15, 0.2) is 0 Å². The number of carbonyl (C=O) groups is 2. The molecule has 1 aliphatic carbocycles. The second kappa shape index (κ2) is 3.26. The summed E-state index contributed by atoms with van der Waals surface area (Å²) in [6.45, 7) is 3.11. The van der Waals surface area contributed by atoms with Crippen molar-refractivity contribution in [3.63, 3.8) is 0 Å². The fourth-order valence-electron chi connectivity index (χ4n) is 2.76. The summed E-state index contributed by atoms with van der Waals surface area (Å²) in [5.74, 6) is 0.138. The zero-order chi connectivity index (χ0) is 10.3. The van der Waals surface area contributed by atoms with Crippen molar-refractivity contribution in [3.8, 4) is 0 Å². The summed E-state index contributed by atoms with van der Waals surface area (Å²) in [4.78, 5) is 23.7. The van der Waals surface area contributed by atoms with Gasteiger partial charge in [0.25, 0.3) is 0 Å². The number of rotatable bonds is 1. The first-order valence-corrected chi connectivity index (χ1v) is 5.06. The lowest BCUT2D eigenvalue weighted by Crippen LogP contribution is -2.27. The third kappa shape index (κ3) is 1.49. The van der Waals surface area contributed by atoms with Gasteiger partial charge in [-0.25, -0.2) is 0 Å². The summed E-state index contributed by atoms with van der Waals surface area (Å²) in [6.07, 6.45) is 1.51. The van der Waals surface area contributed by atoms with Crippen LogP contribution in [-0.4, -0.2) is 35.0 Å². The lowest BCUT2D eigenvalue weighted by Gasteiger charge is -2.15. The van der Waals surface area contributed by atoms with E-state index in [0.29, 0.717) is 11.8 Å². The van der Waals surface area contributed by atoms with Crippen LogP contribution in [0, 0.1) is 17.8 Å². The number of aliphatic carboxylic acids is 1. The predicted octanol–water partition coefficient (Wildman–Crippen LogP) is 0.575. The molecule has 2 aliphatic rings. The van der Waals surface area contributed by atoms with Crippen molar-refractivity contribution >= 4 is 11.9 Å². The molecule has 0 aromatic heterocycles. The second-order valence-electron chi connectivity index (χ2n) is 4.45. The topological polar surface area (TPSA) is 57.6 Å². The van der Waals surface area contributed by atoms with Crippen LogP contribution in [0.3, 0.4) is 0 Å². The third-order valence-electron chi connectivity index (χ3n) is 3.55. The Morgan fingerprint density at radius 1 is 1.21 bits per heavy atom. The number of nitrogens with zero attached hydrogens (tertiary/aromatic N) is 1. The maximum absolute atomic E-state index is 11.1. The smallest absolute Gasteiger partial charge is 0.306 e. The van der Waals surface area contributed by atoms with Gasteiger partial charge in [0.05, 0.1) is 5.92 Å². The Balaban J connectivity index is 1.96. The zero-order valence-electron chi connectivity index (χ0n) is 8.27. The summed E-state index contributed by atoms with van der Waals surface area (Å²) < 4.78 is 0. The molecule has 3 atom stereocenters. The fraction of sp³-hybridized carbons (Fsp3) is 0.800. The van der Waals surface area contributed by atoms with E-state index >= 15 is 0 Å². The maximum atomic E-state index is 11.1. The van der Waals surface area contributed by atoms with Crippen molar-refractivity contribution in [2.45, 2.75) is 19.8 Å². The van der Waals surface area contributed by atoms with E-state index in [1.807, 2.05) is 4.90 Å². The van der Waals surface area contributed by atoms with Gasteiger partial charge in [-0.05, 0) is 24.7 Å². The Bertz CT molecular complexity index is 237. The molecule has 2 rings (SSSR count). The minimum absolute atomic E-state index is 0.117. The van der Waals surface area contributed by atoms with Crippen molar-refractivity contribution in [2.24, 2.45) is 17.8 Å². The average Bonchev–Trinajstić information content (AvgIpc) is 2.57. The van der Waals surface area contributed by atoms with E-state index in [1.54, 1.807) is 6.92 Å². The summed E-state index contributed by atoms with van der Waals surface area (Å²) in [7, 11) is 0. The predicted molar refractivity (Wildman–Crippen MR) is 49.6 cm³/mol. The summed E-state index contributed by atoms with van der Waals surface area (Å²) in [5.41, 5.74) is 0. The molecule has 1 unspecified atom stereocenters. The molecule has 1 aliphatic heterocycles. The van der Waals surface area contributed by atoms with E-state index in [9.17, 15) is 9.59 Å². The molecule has 14 heavy (non-hydrogen) atoms. The van der Waals surface area contributed by atoms with Gasteiger partial charge in [-0.2, -0.15) is 0 Å². The molecule has 0 spiro atoms. The Hall–Kier alpha value is -1.06. The second-order valence-corrected chi connectivity index (χ2v) is 4.45. The largest absolute Gasteiger partial charge is 0.481 e. The van der Waals surface area contributed by atoms with Gasteiger partial charge in [-0.15, -0.1) is 0 Å². The van der Waals surface area contributed by atoms with Crippen LogP contribution in [0.2, 0.25) is 0 Å². The van der Waals surface area contributed by atoms with E-state index in [4.69, 9.17) is 5.11 Å². The fourth-order valence-corrected chi connectivity index (χ4v) is 2.76. The molecule has 1 amide bonds. The molecular formula is C10H15NO3. The van der Waals surface area contributed by atoms with Crippen molar-refractivity contribution in [1.82, 2.24) is 4.90 Å². The van der Waals surface area contributed by atoms with E-state index in [0.717, 1.165) is 25.9 Å². The van der Waals surface area contributed by atoms with E-state index in [-0.39, 0.29) is 11.8 Å². The highest BCUT2D eigenvalue weighted by atomic mass is 16.4. The van der Waals surface area contributed by atoms with Crippen LogP contribution in [0.25, 0.3) is 0 Å². The van der Waals surface area contributed by atoms with Crippen LogP contribution in [-0.2, 0) is 9.59 Å². The molecule has 0 radical (unpaired) electrons. The summed E-state index contributed by atoms with van der Waals surface area (Å²) >= 11 is 0. The molecule has 2 fully saturated rings. The number of fused-ring (bicyclic) bond motifs is 1. The number of amides is 1. The van der Waals surface area contributed by atoms with Crippen molar-refractivity contribution in [2.75, 3.05) is 13.1 Å². The van der Waals surface area contributed by atoms with Crippen molar-refractivity contribution < 1.29 is 14.7 Å². The Kier molecular flexibility index (Phi) is 2.21. The first kappa shape index (κ1) is 9.49. The van der Waals surface area contributed by atoms with Crippen LogP contribution >= 0.6 is 0 Å². The zero-order valence-corrected chi connectivity index (χ0v) is 8.27. The molecule has 78 valence electrons. The first-order valence-electron chi connectivity index (χ1n) is 5.06. The van der Waals surface area contributed by atoms with Crippen LogP contribution in [0.4, 0.5) is 0 Å². The molecule has 4 heteroatoms. The standard InChI is InChI=1S/C10H15NO3/c1-6(12)11-4-8-2-7(10(13)14)3-9(8)5-11/h7-9H,2-5H2,1H3,(H,13,14)/t7?,8-,9+. The van der Waals surface area contributed by atoms with Crippen LogP contribution in [0.1, 0.15) is 19.8 Å². The Morgan fingerprint density at radius 2 is 1.71 bits per heavy atom. The summed E-state index contributed by atoms with van der Waals surface area (Å²) in [6, 6.07) is 0. The van der Waals surface area contributed by atoms with Crippen molar-refractivity contribution in [1.29, 1.82) is 0 Å². The summed E-state index contributed by atoms with van der Waals surface area (Å²) in [5, 5.41) is 8.86. The lowest BCUT2D eigenvalue weighted by molar-refractivity contribution is -0.141. The molecular weight excluding hydrogens is 182 g/mol. The highest BCUT2D eigenvalue weighted by Gasteiger charge is 2.43. The van der Waals surface area contributed by atoms with Gasteiger partial charge in [0.1, 0.15) is 0 Å². The van der Waals surface area contributed by atoms with Crippen LogP contribution in [0.5, 0.6) is 0 Å². The van der Waals surface area contributed by atoms with E-state index in [2.05, 4.69) is 0 Å². The minimum Gasteiger partial charge on any atom is -0.481 e. The Morgan fingerprint density at radius 3 is 2.07 bits per heavy atom. The van der Waals surface area contributed by atoms with Gasteiger partial charge in [0, 0.05) is 20.0 Å². The SMILES string of the molecule is CC(=O)N1C[C@H]2CC(C(=O)O)C[C@H]2C1. The number of carboxylic acids is 1. The minimum atomic E-state index is -0.672. The monoisotopic (exact) mass is 197 g/mol. The van der Waals surface area contributed by atoms with E-state index in [1.165, 1.54) is 0 Å². The van der Waals surface area contributed by atoms with Crippen LogP contribution < -0.4 is 0 Å². The highest BCUT2D eigenvalue weighted by molar-refractivity contribution is 5.74. The Labute approximate surface area is 82.9 Å². The first-order chi connectivity index (χ1) is 6.58. The average molecular weight is 197 g/mol. The van der Waals surface area contributed by atoms with Gasteiger partial charge in [-0.3, -0.25) is 9.59 Å². The third-order valence-corrected chi connectivity index (χ3v) is 3.55. The molecule has 1 saturated heterocycles. The molecule has 1 heterocycles. The maximum Gasteiger partial charge on any atom is 0.306 e. The number of carbonyl (C=O) groups excluding carboxylic acids is 1. The van der Waals surface area contributed by atoms with Gasteiger partial charge in [-0.1, -0.05) is 0 Å². The molecule has 1 saturated carbocycles. The number of carboxylic acid groups (broad SMARTS) is 1. The highest BCUT2D eigenvalue weighted by Crippen LogP contribution is 2.41. The quantitative estimate of drug-likeness (QED) is 0.668. The normalized spacial score (nSPS) is 35.8. The number of hydrogen-bond acceptors (Lipinski definition) is 2. The number of hydrogen-bond donors (Lipinski definition) is 1. The molecule has 4 nitrogen and oxygen atoms in total. The van der Waals surface area contributed by atoms with E-state index < -0.39 is 5.97 Å².